The monoisotopic (exact) mass is 246 g/mol. The Hall–Kier alpha value is -1.28. The minimum absolute atomic E-state index is 0.131. The summed E-state index contributed by atoms with van der Waals surface area (Å²) in [6.45, 7) is 9.26. The zero-order chi connectivity index (χ0) is 12.7. The van der Waals surface area contributed by atoms with Crippen molar-refractivity contribution >= 4 is 16.9 Å². The van der Waals surface area contributed by atoms with Crippen LogP contribution in [0.15, 0.2) is 55.1 Å². The van der Waals surface area contributed by atoms with E-state index < -0.39 is 0 Å². The minimum Gasteiger partial charge on any atom is -0.288 e. The largest absolute Gasteiger partial charge is 0.288 e. The fraction of sp³-hybridized carbons (Fsp3) is 0.267. The first-order chi connectivity index (χ1) is 8.13. The van der Waals surface area contributed by atoms with Crippen molar-refractivity contribution < 1.29 is 4.79 Å². The molecule has 0 N–H and O–H groups in total. The average molecular weight is 246 g/mol. The molecule has 2 heteroatoms. The molecule has 0 amide bonds. The molecule has 1 aromatic carbocycles. The van der Waals surface area contributed by atoms with Gasteiger partial charge >= 0.3 is 0 Å². The molecule has 0 unspecified atom stereocenters. The van der Waals surface area contributed by atoms with Crippen LogP contribution in [0.3, 0.4) is 0 Å². The van der Waals surface area contributed by atoms with E-state index in [1.54, 1.807) is 13.0 Å². The van der Waals surface area contributed by atoms with Crippen molar-refractivity contribution in [2.45, 2.75) is 25.0 Å². The Labute approximate surface area is 108 Å². The molecule has 0 bridgehead atoms. The maximum Gasteiger partial charge on any atom is 0.186 e. The summed E-state index contributed by atoms with van der Waals surface area (Å²) in [6.07, 6.45) is 3.61. The Morgan fingerprint density at radius 3 is 2.59 bits per heavy atom. The first-order valence-corrected chi connectivity index (χ1v) is 6.54. The second kappa shape index (κ2) is 7.13. The van der Waals surface area contributed by atoms with Crippen LogP contribution < -0.4 is 0 Å². The van der Waals surface area contributed by atoms with Crippen molar-refractivity contribution in [3.8, 4) is 0 Å². The molecule has 0 heterocycles. The van der Waals surface area contributed by atoms with E-state index in [9.17, 15) is 4.79 Å². The number of benzene rings is 1. The van der Waals surface area contributed by atoms with E-state index in [0.29, 0.717) is 0 Å². The van der Waals surface area contributed by atoms with Gasteiger partial charge in [0.1, 0.15) is 0 Å². The summed E-state index contributed by atoms with van der Waals surface area (Å²) in [5, 5.41) is 0.274. The van der Waals surface area contributed by atoms with Crippen molar-refractivity contribution in [2.24, 2.45) is 0 Å². The topological polar surface area (TPSA) is 17.1 Å². The lowest BCUT2D eigenvalue weighted by molar-refractivity contribution is -0.109. The van der Waals surface area contributed by atoms with Crippen LogP contribution in [0.4, 0.5) is 0 Å². The lowest BCUT2D eigenvalue weighted by Gasteiger charge is -2.15. The maximum absolute atomic E-state index is 11.2. The summed E-state index contributed by atoms with van der Waals surface area (Å²) in [4.78, 5) is 11.2. The van der Waals surface area contributed by atoms with Crippen molar-refractivity contribution in [1.82, 2.24) is 0 Å². The SMILES string of the molecule is C=CC(=C)[C@@H](CCc1ccccc1)SC(C)=O. The van der Waals surface area contributed by atoms with Crippen LogP contribution in [0.2, 0.25) is 0 Å². The Bertz CT molecular complexity index is 395. The predicted molar refractivity (Wildman–Crippen MR) is 76.2 cm³/mol. The van der Waals surface area contributed by atoms with Crippen LogP contribution in [0, 0.1) is 0 Å². The summed E-state index contributed by atoms with van der Waals surface area (Å²) in [5.41, 5.74) is 2.22. The zero-order valence-corrected chi connectivity index (χ0v) is 11.0. The molecule has 0 aliphatic rings. The second-order valence-electron chi connectivity index (χ2n) is 3.90. The summed E-state index contributed by atoms with van der Waals surface area (Å²) < 4.78 is 0. The van der Waals surface area contributed by atoms with Crippen LogP contribution in [0.5, 0.6) is 0 Å². The second-order valence-corrected chi connectivity index (χ2v) is 5.28. The van der Waals surface area contributed by atoms with Crippen molar-refractivity contribution in [1.29, 1.82) is 0 Å². The Balaban J connectivity index is 2.58. The fourth-order valence-electron chi connectivity index (χ4n) is 1.59. The summed E-state index contributed by atoms with van der Waals surface area (Å²) in [5.74, 6) is 0. The Kier molecular flexibility index (Phi) is 5.78. The first-order valence-electron chi connectivity index (χ1n) is 5.66. The van der Waals surface area contributed by atoms with Gasteiger partial charge in [-0.3, -0.25) is 4.79 Å². The van der Waals surface area contributed by atoms with Gasteiger partial charge in [0.25, 0.3) is 0 Å². The molecule has 0 saturated carbocycles. The molecule has 0 saturated heterocycles. The maximum atomic E-state index is 11.2. The lowest BCUT2D eigenvalue weighted by atomic mass is 10.0. The molecule has 17 heavy (non-hydrogen) atoms. The van der Waals surface area contributed by atoms with Crippen LogP contribution in [-0.2, 0) is 11.2 Å². The highest BCUT2D eigenvalue weighted by atomic mass is 32.2. The van der Waals surface area contributed by atoms with Gasteiger partial charge in [0, 0.05) is 12.2 Å². The van der Waals surface area contributed by atoms with Crippen LogP contribution in [-0.4, -0.2) is 10.4 Å². The average Bonchev–Trinajstić information content (AvgIpc) is 2.34. The smallest absolute Gasteiger partial charge is 0.186 e. The van der Waals surface area contributed by atoms with Crippen molar-refractivity contribution in [3.63, 3.8) is 0 Å². The number of thioether (sulfide) groups is 1. The van der Waals surface area contributed by atoms with Gasteiger partial charge in [-0.05, 0) is 24.0 Å². The summed E-state index contributed by atoms with van der Waals surface area (Å²) in [6, 6.07) is 10.3. The number of hydrogen-bond acceptors (Lipinski definition) is 2. The van der Waals surface area contributed by atoms with Gasteiger partial charge in [-0.2, -0.15) is 0 Å². The third-order valence-corrected chi connectivity index (χ3v) is 3.68. The first kappa shape index (κ1) is 13.8. The number of rotatable bonds is 6. The van der Waals surface area contributed by atoms with E-state index in [1.807, 2.05) is 18.2 Å². The lowest BCUT2D eigenvalue weighted by Crippen LogP contribution is -2.08. The molecule has 1 atom stereocenters. The standard InChI is InChI=1S/C15H18OS/c1-4-12(2)15(17-13(3)16)11-10-14-8-6-5-7-9-14/h4-9,15H,1-2,10-11H2,3H3/t15-/m1/s1. The fourth-order valence-corrected chi connectivity index (χ4v) is 2.48. The highest BCUT2D eigenvalue weighted by molar-refractivity contribution is 8.14. The number of allylic oxidation sites excluding steroid dienone is 1. The van der Waals surface area contributed by atoms with Crippen LogP contribution >= 0.6 is 11.8 Å². The van der Waals surface area contributed by atoms with E-state index in [-0.39, 0.29) is 10.4 Å². The van der Waals surface area contributed by atoms with Crippen LogP contribution in [0.25, 0.3) is 0 Å². The quantitative estimate of drug-likeness (QED) is 0.705. The number of carbonyl (C=O) groups excluding carboxylic acids is 1. The van der Waals surface area contributed by atoms with E-state index in [0.717, 1.165) is 18.4 Å². The van der Waals surface area contributed by atoms with Gasteiger partial charge in [0.2, 0.25) is 0 Å². The van der Waals surface area contributed by atoms with Gasteiger partial charge in [0.05, 0.1) is 0 Å². The van der Waals surface area contributed by atoms with Gasteiger partial charge in [-0.1, -0.05) is 61.3 Å². The van der Waals surface area contributed by atoms with E-state index in [4.69, 9.17) is 0 Å². The summed E-state index contributed by atoms with van der Waals surface area (Å²) in [7, 11) is 0. The predicted octanol–water partition coefficient (Wildman–Crippen LogP) is 4.01. The van der Waals surface area contributed by atoms with E-state index in [2.05, 4.69) is 25.3 Å². The zero-order valence-electron chi connectivity index (χ0n) is 10.2. The van der Waals surface area contributed by atoms with Gasteiger partial charge in [0.15, 0.2) is 5.12 Å². The Morgan fingerprint density at radius 1 is 1.41 bits per heavy atom. The van der Waals surface area contributed by atoms with E-state index in [1.165, 1.54) is 17.3 Å². The molecule has 0 radical (unpaired) electrons. The molecular weight excluding hydrogens is 228 g/mol. The molecule has 0 spiro atoms. The molecule has 1 rings (SSSR count). The van der Waals surface area contributed by atoms with Gasteiger partial charge in [-0.25, -0.2) is 0 Å². The normalized spacial score (nSPS) is 11.8. The van der Waals surface area contributed by atoms with Gasteiger partial charge < -0.3 is 0 Å². The molecule has 90 valence electrons. The highest BCUT2D eigenvalue weighted by Gasteiger charge is 2.13. The Morgan fingerprint density at radius 2 is 2.06 bits per heavy atom. The molecule has 1 aromatic rings. The van der Waals surface area contributed by atoms with Crippen molar-refractivity contribution in [2.75, 3.05) is 0 Å². The van der Waals surface area contributed by atoms with Gasteiger partial charge in [-0.15, -0.1) is 0 Å². The number of hydrogen-bond donors (Lipinski definition) is 0. The molecule has 1 nitrogen and oxygen atoms in total. The van der Waals surface area contributed by atoms with Crippen LogP contribution in [0.1, 0.15) is 18.9 Å². The van der Waals surface area contributed by atoms with E-state index >= 15 is 0 Å². The van der Waals surface area contributed by atoms with Crippen molar-refractivity contribution in [3.05, 3.63) is 60.7 Å². The minimum atomic E-state index is 0.131. The highest BCUT2D eigenvalue weighted by Crippen LogP contribution is 2.24. The number of aryl methyl sites for hydroxylation is 1. The third kappa shape index (κ3) is 5.05. The molecule has 0 fully saturated rings. The molecule has 0 aliphatic carbocycles. The molecule has 0 aromatic heterocycles. The number of carbonyl (C=O) groups is 1. The molecular formula is C15H18OS. The molecule has 0 aliphatic heterocycles. The summed E-state index contributed by atoms with van der Waals surface area (Å²) >= 11 is 1.34. The third-order valence-electron chi connectivity index (χ3n) is 2.52.